The molecule has 22 heavy (non-hydrogen) atoms. The van der Waals surface area contributed by atoms with E-state index in [0.29, 0.717) is 0 Å². The molecule has 1 saturated heterocycles. The maximum Gasteiger partial charge on any atom is 0.330 e. The van der Waals surface area contributed by atoms with Gasteiger partial charge in [0.15, 0.2) is 5.78 Å². The first-order valence-electron chi connectivity index (χ1n) is 6.57. The number of halogens is 1. The van der Waals surface area contributed by atoms with E-state index < -0.39 is 41.4 Å². The minimum atomic E-state index is -1.43. The van der Waals surface area contributed by atoms with Crippen LogP contribution in [-0.4, -0.2) is 38.4 Å². The number of hydrogen-bond donors (Lipinski definition) is 2. The molecule has 2 rings (SSSR count). The normalized spacial score (nSPS) is 25.9. The first-order chi connectivity index (χ1) is 10.2. The van der Waals surface area contributed by atoms with Gasteiger partial charge < -0.3 is 9.84 Å². The molecule has 1 aromatic heterocycles. The molecule has 0 aromatic carbocycles. The van der Waals surface area contributed by atoms with E-state index in [1.807, 2.05) is 0 Å². The fraction of sp³-hybridized carbons (Fsp3) is 0.538. The zero-order chi connectivity index (χ0) is 16.6. The highest BCUT2D eigenvalue weighted by Gasteiger charge is 2.44. The molecule has 0 radical (unpaired) electrons. The molecule has 0 spiro atoms. The number of aliphatic hydroxyl groups is 1. The van der Waals surface area contributed by atoms with Crippen LogP contribution in [0, 0.1) is 9.49 Å². The Morgan fingerprint density at radius 3 is 2.64 bits per heavy atom. The molecule has 9 heteroatoms. The van der Waals surface area contributed by atoms with Crippen molar-refractivity contribution in [1.29, 1.82) is 0 Å². The van der Waals surface area contributed by atoms with Crippen LogP contribution in [-0.2, 0) is 14.3 Å². The second-order valence-corrected chi connectivity index (χ2v) is 6.37. The van der Waals surface area contributed by atoms with E-state index in [1.54, 1.807) is 22.6 Å². The average molecular weight is 422 g/mol. The third-order valence-electron chi connectivity index (χ3n) is 3.65. The number of aromatic nitrogens is 2. The van der Waals surface area contributed by atoms with Crippen molar-refractivity contribution in [2.75, 3.05) is 0 Å². The van der Waals surface area contributed by atoms with E-state index >= 15 is 0 Å². The summed E-state index contributed by atoms with van der Waals surface area (Å²) in [4.78, 5) is 48.5. The SMILES string of the molecule is CC(=O)C(O)[C@H]1O[C@@H](n2cc(I)c(=O)[nH]c2=O)C[C@@H]1C(C)=O. The number of carbonyl (C=O) groups excluding carboxylic acids is 2. The number of ether oxygens (including phenoxy) is 1. The lowest BCUT2D eigenvalue weighted by Gasteiger charge is -2.20. The van der Waals surface area contributed by atoms with Crippen molar-refractivity contribution in [3.63, 3.8) is 0 Å². The highest BCUT2D eigenvalue weighted by atomic mass is 127. The van der Waals surface area contributed by atoms with Gasteiger partial charge in [-0.05, 0) is 36.4 Å². The lowest BCUT2D eigenvalue weighted by molar-refractivity contribution is -0.139. The molecule has 0 bridgehead atoms. The van der Waals surface area contributed by atoms with Crippen LogP contribution in [0.15, 0.2) is 15.8 Å². The predicted molar refractivity (Wildman–Crippen MR) is 83.4 cm³/mol. The van der Waals surface area contributed by atoms with Crippen LogP contribution in [0.25, 0.3) is 0 Å². The van der Waals surface area contributed by atoms with E-state index in [0.717, 1.165) is 4.57 Å². The topological polar surface area (TPSA) is 118 Å². The van der Waals surface area contributed by atoms with Gasteiger partial charge in [0.2, 0.25) is 0 Å². The summed E-state index contributed by atoms with van der Waals surface area (Å²) >= 11 is 1.77. The summed E-state index contributed by atoms with van der Waals surface area (Å²) in [5, 5.41) is 9.90. The fourth-order valence-electron chi connectivity index (χ4n) is 2.46. The number of aromatic amines is 1. The Morgan fingerprint density at radius 1 is 1.45 bits per heavy atom. The van der Waals surface area contributed by atoms with Gasteiger partial charge in [0.05, 0.1) is 9.49 Å². The zero-order valence-electron chi connectivity index (χ0n) is 11.9. The summed E-state index contributed by atoms with van der Waals surface area (Å²) in [6.07, 6.45) is -1.79. The molecule has 1 aliphatic heterocycles. The smallest absolute Gasteiger partial charge is 0.330 e. The fourth-order valence-corrected chi connectivity index (χ4v) is 2.89. The molecule has 120 valence electrons. The number of H-pyrrole nitrogens is 1. The Balaban J connectivity index is 2.38. The largest absolute Gasteiger partial charge is 0.383 e. The standard InChI is InChI=1S/C13H15IN2O6/c1-5(17)7-3-9(22-11(7)10(19)6(2)18)16-4-8(14)12(20)15-13(16)21/h4,7,9-11,19H,3H2,1-2H3,(H,15,20,21)/t7-,9-,10?,11+/m1/s1. The predicted octanol–water partition coefficient (Wildman–Crippen LogP) is -0.416. The zero-order valence-corrected chi connectivity index (χ0v) is 14.1. The van der Waals surface area contributed by atoms with Crippen molar-refractivity contribution < 1.29 is 19.4 Å². The number of aliphatic hydroxyl groups excluding tert-OH is 1. The van der Waals surface area contributed by atoms with Crippen molar-refractivity contribution in [3.8, 4) is 0 Å². The Kier molecular flexibility index (Phi) is 4.97. The second-order valence-electron chi connectivity index (χ2n) is 5.21. The molecule has 8 nitrogen and oxygen atoms in total. The Hall–Kier alpha value is -1.33. The van der Waals surface area contributed by atoms with Gasteiger partial charge in [0, 0.05) is 12.6 Å². The number of Topliss-reactive ketones (excluding diaryl/α,β-unsaturated/α-hetero) is 2. The van der Waals surface area contributed by atoms with Crippen LogP contribution in [0.2, 0.25) is 0 Å². The molecule has 1 aromatic rings. The summed E-state index contributed by atoms with van der Waals surface area (Å²) in [6, 6.07) is 0. The lowest BCUT2D eigenvalue weighted by atomic mass is 9.92. The number of nitrogens with one attached hydrogen (secondary N) is 1. The van der Waals surface area contributed by atoms with E-state index in [4.69, 9.17) is 4.74 Å². The minimum Gasteiger partial charge on any atom is -0.383 e. The molecule has 1 unspecified atom stereocenters. The van der Waals surface area contributed by atoms with Crippen LogP contribution in [0.4, 0.5) is 0 Å². The highest BCUT2D eigenvalue weighted by Crippen LogP contribution is 2.35. The third-order valence-corrected chi connectivity index (χ3v) is 4.42. The molecule has 2 N–H and O–H groups in total. The van der Waals surface area contributed by atoms with Gasteiger partial charge in [-0.15, -0.1) is 0 Å². The van der Waals surface area contributed by atoms with E-state index in [-0.39, 0.29) is 15.8 Å². The maximum absolute atomic E-state index is 11.9. The van der Waals surface area contributed by atoms with Gasteiger partial charge in [0.25, 0.3) is 5.56 Å². The van der Waals surface area contributed by atoms with E-state index in [9.17, 15) is 24.3 Å². The number of carbonyl (C=O) groups is 2. The van der Waals surface area contributed by atoms with Gasteiger partial charge in [-0.2, -0.15) is 0 Å². The van der Waals surface area contributed by atoms with Gasteiger partial charge in [0.1, 0.15) is 24.2 Å². The van der Waals surface area contributed by atoms with Crippen LogP contribution in [0.5, 0.6) is 0 Å². The van der Waals surface area contributed by atoms with Crippen LogP contribution < -0.4 is 11.2 Å². The molecule has 0 saturated carbocycles. The maximum atomic E-state index is 11.9. The molecule has 0 amide bonds. The number of ketones is 2. The molecular formula is C13H15IN2O6. The lowest BCUT2D eigenvalue weighted by Crippen LogP contribution is -2.39. The third kappa shape index (κ3) is 3.20. The Bertz CT molecular complexity index is 724. The molecular weight excluding hydrogens is 407 g/mol. The number of rotatable bonds is 4. The molecule has 1 fully saturated rings. The molecule has 0 aliphatic carbocycles. The van der Waals surface area contributed by atoms with Crippen LogP contribution in [0.3, 0.4) is 0 Å². The quantitative estimate of drug-likeness (QED) is 0.637. The van der Waals surface area contributed by atoms with Gasteiger partial charge in [-0.25, -0.2) is 4.79 Å². The molecule has 2 heterocycles. The minimum absolute atomic E-state index is 0.145. The highest BCUT2D eigenvalue weighted by molar-refractivity contribution is 14.1. The van der Waals surface area contributed by atoms with Crippen molar-refractivity contribution in [3.05, 3.63) is 30.6 Å². The molecule has 4 atom stereocenters. The summed E-state index contributed by atoms with van der Waals surface area (Å²) in [5.41, 5.74) is -1.18. The average Bonchev–Trinajstić information content (AvgIpc) is 2.86. The summed E-state index contributed by atoms with van der Waals surface area (Å²) in [7, 11) is 0. The monoisotopic (exact) mass is 422 g/mol. The van der Waals surface area contributed by atoms with Crippen LogP contribution in [0.1, 0.15) is 26.5 Å². The first kappa shape index (κ1) is 17.0. The summed E-state index contributed by atoms with van der Waals surface area (Å²) < 4.78 is 7.01. The number of nitrogens with zero attached hydrogens (tertiary/aromatic N) is 1. The van der Waals surface area contributed by atoms with Gasteiger partial charge in [-0.3, -0.25) is 23.9 Å². The molecule has 1 aliphatic rings. The second kappa shape index (κ2) is 6.42. The van der Waals surface area contributed by atoms with Crippen molar-refractivity contribution in [1.82, 2.24) is 9.55 Å². The summed E-state index contributed by atoms with van der Waals surface area (Å²) in [5.74, 6) is -1.44. The van der Waals surface area contributed by atoms with E-state index in [1.165, 1.54) is 20.0 Å². The van der Waals surface area contributed by atoms with E-state index in [2.05, 4.69) is 4.98 Å². The Labute approximate surface area is 138 Å². The first-order valence-corrected chi connectivity index (χ1v) is 7.65. The van der Waals surface area contributed by atoms with Gasteiger partial charge in [-0.1, -0.05) is 0 Å². The van der Waals surface area contributed by atoms with Crippen molar-refractivity contribution in [2.45, 2.75) is 38.7 Å². The van der Waals surface area contributed by atoms with Gasteiger partial charge >= 0.3 is 5.69 Å². The number of hydrogen-bond acceptors (Lipinski definition) is 6. The Morgan fingerprint density at radius 2 is 2.09 bits per heavy atom. The van der Waals surface area contributed by atoms with Crippen LogP contribution >= 0.6 is 22.6 Å². The van der Waals surface area contributed by atoms with Crippen molar-refractivity contribution >= 4 is 34.2 Å². The summed E-state index contributed by atoms with van der Waals surface area (Å²) in [6.45, 7) is 2.54. The van der Waals surface area contributed by atoms with Crippen molar-refractivity contribution in [2.24, 2.45) is 5.92 Å².